The van der Waals surface area contributed by atoms with Crippen LogP contribution >= 0.6 is 46.1 Å². The minimum Gasteiger partial charge on any atom is -0.343 e. The number of halogens is 3. The van der Waals surface area contributed by atoms with Crippen LogP contribution in [0.3, 0.4) is 0 Å². The number of benzene rings is 2. The second-order valence-corrected chi connectivity index (χ2v) is 8.23. The van der Waals surface area contributed by atoms with Crippen LogP contribution in [0, 0.1) is 0 Å². The number of nitrogens with one attached hydrogen (secondary N) is 2. The van der Waals surface area contributed by atoms with E-state index < -0.39 is 11.8 Å². The predicted molar refractivity (Wildman–Crippen MR) is 119 cm³/mol. The first-order valence-corrected chi connectivity index (χ1v) is 10.6. The monoisotopic (exact) mass is 479 g/mol. The summed E-state index contributed by atoms with van der Waals surface area (Å²) in [7, 11) is 0. The Morgan fingerprint density at radius 2 is 1.77 bits per heavy atom. The molecule has 7 nitrogen and oxygen atoms in total. The number of hydrogen-bond acceptors (Lipinski definition) is 5. The molecule has 0 aliphatic heterocycles. The van der Waals surface area contributed by atoms with Gasteiger partial charge in [0.15, 0.2) is 0 Å². The highest BCUT2D eigenvalue weighted by Gasteiger charge is 2.16. The number of carbonyl (C=O) groups excluding carboxylic acids is 2. The fourth-order valence-corrected chi connectivity index (χ4v) is 3.98. The highest BCUT2D eigenvalue weighted by molar-refractivity contribution is 7.15. The van der Waals surface area contributed by atoms with E-state index in [2.05, 4.69) is 20.7 Å². The third-order valence-electron chi connectivity index (χ3n) is 4.05. The highest BCUT2D eigenvalue weighted by atomic mass is 35.5. The van der Waals surface area contributed by atoms with Gasteiger partial charge in [-0.1, -0.05) is 34.8 Å². The number of fused-ring (bicyclic) bond motifs is 1. The zero-order chi connectivity index (χ0) is 21.3. The van der Waals surface area contributed by atoms with Crippen molar-refractivity contribution in [1.29, 1.82) is 0 Å². The number of anilines is 1. The van der Waals surface area contributed by atoms with E-state index in [1.807, 2.05) is 5.38 Å². The predicted octanol–water partition coefficient (Wildman–Crippen LogP) is 4.79. The molecule has 0 aliphatic carbocycles. The van der Waals surface area contributed by atoms with Crippen LogP contribution < -0.4 is 10.6 Å². The van der Waals surface area contributed by atoms with E-state index in [4.69, 9.17) is 34.8 Å². The lowest BCUT2D eigenvalue weighted by atomic mass is 10.2. The van der Waals surface area contributed by atoms with Crippen LogP contribution in [0.5, 0.6) is 0 Å². The third-order valence-corrected chi connectivity index (χ3v) is 5.69. The molecule has 2 aromatic carbocycles. The first-order valence-electron chi connectivity index (χ1n) is 8.54. The van der Waals surface area contributed by atoms with E-state index in [0.717, 1.165) is 0 Å². The van der Waals surface area contributed by atoms with Crippen LogP contribution in [0.4, 0.5) is 5.95 Å². The molecule has 0 saturated heterocycles. The smallest absolute Gasteiger partial charge is 0.251 e. The largest absolute Gasteiger partial charge is 0.343 e. The molecule has 0 unspecified atom stereocenters. The standard InChI is InChI=1S/C19H12Cl3N5O2S/c20-11-3-1-10(2-4-11)17(29)23-8-16(28)24-18-25-19-27(26-18)15(9-30-19)13-7-12(21)5-6-14(13)22/h1-7,9H,8H2,(H,23,29)(H,24,26,28). The Kier molecular flexibility index (Phi) is 5.92. The Labute approximate surface area is 189 Å². The molecule has 2 heterocycles. The maximum absolute atomic E-state index is 12.2. The number of amides is 2. The normalized spacial score (nSPS) is 10.9. The van der Waals surface area contributed by atoms with Crippen LogP contribution in [0.2, 0.25) is 15.1 Å². The molecule has 2 aromatic heterocycles. The van der Waals surface area contributed by atoms with Crippen LogP contribution in [-0.4, -0.2) is 33.0 Å². The van der Waals surface area contributed by atoms with Gasteiger partial charge in [0.05, 0.1) is 17.3 Å². The van der Waals surface area contributed by atoms with Crippen molar-refractivity contribution in [1.82, 2.24) is 19.9 Å². The molecule has 0 bridgehead atoms. The molecular weight excluding hydrogens is 469 g/mol. The van der Waals surface area contributed by atoms with Gasteiger partial charge < -0.3 is 5.32 Å². The zero-order valence-electron chi connectivity index (χ0n) is 15.0. The fraction of sp³-hybridized carbons (Fsp3) is 0.0526. The Balaban J connectivity index is 1.45. The summed E-state index contributed by atoms with van der Waals surface area (Å²) in [6.45, 7) is -0.235. The number of aromatic nitrogens is 3. The summed E-state index contributed by atoms with van der Waals surface area (Å²) >= 11 is 19.5. The van der Waals surface area contributed by atoms with Crippen molar-refractivity contribution in [3.63, 3.8) is 0 Å². The second kappa shape index (κ2) is 8.61. The quantitative estimate of drug-likeness (QED) is 0.430. The van der Waals surface area contributed by atoms with Gasteiger partial charge in [-0.15, -0.1) is 16.4 Å². The summed E-state index contributed by atoms with van der Waals surface area (Å²) in [4.78, 5) is 29.1. The van der Waals surface area contributed by atoms with Crippen LogP contribution in [0.1, 0.15) is 10.4 Å². The second-order valence-electron chi connectivity index (χ2n) is 6.11. The van der Waals surface area contributed by atoms with E-state index >= 15 is 0 Å². The first-order chi connectivity index (χ1) is 14.4. The van der Waals surface area contributed by atoms with Gasteiger partial charge in [-0.3, -0.25) is 14.9 Å². The van der Waals surface area contributed by atoms with Crippen molar-refractivity contribution in [2.24, 2.45) is 0 Å². The van der Waals surface area contributed by atoms with Crippen LogP contribution in [-0.2, 0) is 4.79 Å². The Bertz CT molecular complexity index is 1250. The summed E-state index contributed by atoms with van der Waals surface area (Å²) in [5.41, 5.74) is 1.80. The van der Waals surface area contributed by atoms with Crippen LogP contribution in [0.15, 0.2) is 47.8 Å². The number of rotatable bonds is 5. The number of carbonyl (C=O) groups is 2. The Hall–Kier alpha value is -2.65. The summed E-state index contributed by atoms with van der Waals surface area (Å²) in [5.74, 6) is -0.733. The Morgan fingerprint density at radius 3 is 2.53 bits per heavy atom. The SMILES string of the molecule is O=C(CNC(=O)c1ccc(Cl)cc1)Nc1nc2scc(-c3cc(Cl)ccc3Cl)n2n1. The number of thiazole rings is 1. The molecule has 0 fully saturated rings. The summed E-state index contributed by atoms with van der Waals surface area (Å²) < 4.78 is 1.57. The molecule has 152 valence electrons. The highest BCUT2D eigenvalue weighted by Crippen LogP contribution is 2.33. The molecule has 4 rings (SSSR count). The van der Waals surface area contributed by atoms with Gasteiger partial charge in [0.2, 0.25) is 10.9 Å². The average Bonchev–Trinajstić information content (AvgIpc) is 3.29. The lowest BCUT2D eigenvalue weighted by molar-refractivity contribution is -0.115. The van der Waals surface area contributed by atoms with E-state index in [0.29, 0.717) is 36.8 Å². The van der Waals surface area contributed by atoms with Crippen LogP contribution in [0.25, 0.3) is 16.2 Å². The molecule has 0 aliphatic rings. The molecule has 2 N–H and O–H groups in total. The van der Waals surface area contributed by atoms with E-state index in [-0.39, 0.29) is 12.5 Å². The maximum atomic E-state index is 12.2. The first kappa shape index (κ1) is 20.6. The number of hydrogen-bond donors (Lipinski definition) is 2. The molecular formula is C19H12Cl3N5O2S. The summed E-state index contributed by atoms with van der Waals surface area (Å²) in [6, 6.07) is 11.5. The summed E-state index contributed by atoms with van der Waals surface area (Å²) in [6.07, 6.45) is 0. The molecule has 0 saturated carbocycles. The maximum Gasteiger partial charge on any atom is 0.251 e. The molecule has 11 heteroatoms. The van der Waals surface area contributed by atoms with Crippen molar-refractivity contribution in [2.75, 3.05) is 11.9 Å². The van der Waals surface area contributed by atoms with Crippen molar-refractivity contribution < 1.29 is 9.59 Å². The zero-order valence-corrected chi connectivity index (χ0v) is 18.1. The third kappa shape index (κ3) is 4.41. The van der Waals surface area contributed by atoms with Crippen molar-refractivity contribution in [2.45, 2.75) is 0 Å². The van der Waals surface area contributed by atoms with E-state index in [9.17, 15) is 9.59 Å². The number of nitrogens with zero attached hydrogens (tertiary/aromatic N) is 3. The Morgan fingerprint density at radius 1 is 1.03 bits per heavy atom. The van der Waals surface area contributed by atoms with Gasteiger partial charge in [-0.25, -0.2) is 4.52 Å². The molecule has 0 radical (unpaired) electrons. The molecule has 2 amide bonds. The van der Waals surface area contributed by atoms with E-state index in [1.165, 1.54) is 11.3 Å². The minimum absolute atomic E-state index is 0.118. The van der Waals surface area contributed by atoms with Gasteiger partial charge >= 0.3 is 0 Å². The van der Waals surface area contributed by atoms with Gasteiger partial charge in [-0.2, -0.15) is 4.98 Å². The van der Waals surface area contributed by atoms with Crippen molar-refractivity contribution in [3.05, 3.63) is 68.5 Å². The minimum atomic E-state index is -0.460. The topological polar surface area (TPSA) is 88.4 Å². The summed E-state index contributed by atoms with van der Waals surface area (Å²) in [5, 5.41) is 12.8. The van der Waals surface area contributed by atoms with Gasteiger partial charge in [0, 0.05) is 26.6 Å². The van der Waals surface area contributed by atoms with Gasteiger partial charge in [-0.05, 0) is 42.5 Å². The lowest BCUT2D eigenvalue weighted by Crippen LogP contribution is -2.33. The molecule has 0 spiro atoms. The fourth-order valence-electron chi connectivity index (χ4n) is 2.65. The van der Waals surface area contributed by atoms with Gasteiger partial charge in [0.1, 0.15) is 0 Å². The average molecular weight is 481 g/mol. The molecule has 4 aromatic rings. The molecule has 30 heavy (non-hydrogen) atoms. The lowest BCUT2D eigenvalue weighted by Gasteiger charge is -2.05. The van der Waals surface area contributed by atoms with Crippen molar-refractivity contribution >= 4 is 68.9 Å². The van der Waals surface area contributed by atoms with Crippen molar-refractivity contribution in [3.8, 4) is 11.3 Å². The van der Waals surface area contributed by atoms with Gasteiger partial charge in [0.25, 0.3) is 11.9 Å². The molecule has 0 atom stereocenters. The van der Waals surface area contributed by atoms with E-state index in [1.54, 1.807) is 47.0 Å².